The van der Waals surface area contributed by atoms with E-state index in [0.29, 0.717) is 18.4 Å². The van der Waals surface area contributed by atoms with E-state index in [0.717, 1.165) is 5.56 Å². The summed E-state index contributed by atoms with van der Waals surface area (Å²) >= 11 is 0. The molecule has 0 heterocycles. The van der Waals surface area contributed by atoms with Gasteiger partial charge in [0.05, 0.1) is 0 Å². The molecule has 0 aliphatic rings. The SMILES string of the molecule is C=CCCC(O)(C#Cc1ccccc1)c1ccc(F)cc1. The Kier molecular flexibility index (Phi) is 4.92. The number of benzene rings is 2. The Hall–Kier alpha value is -2.37. The van der Waals surface area contributed by atoms with Crippen LogP contribution in [0.3, 0.4) is 0 Å². The van der Waals surface area contributed by atoms with E-state index >= 15 is 0 Å². The fraction of sp³-hybridized carbons (Fsp3) is 0.158. The topological polar surface area (TPSA) is 20.2 Å². The molecule has 0 aliphatic carbocycles. The lowest BCUT2D eigenvalue weighted by Crippen LogP contribution is -2.23. The summed E-state index contributed by atoms with van der Waals surface area (Å²) in [5.74, 6) is 5.56. The summed E-state index contributed by atoms with van der Waals surface area (Å²) < 4.78 is 13.0. The number of hydrogen-bond acceptors (Lipinski definition) is 1. The van der Waals surface area contributed by atoms with Crippen molar-refractivity contribution in [2.45, 2.75) is 18.4 Å². The summed E-state index contributed by atoms with van der Waals surface area (Å²) in [6, 6.07) is 15.3. The second-order valence-electron chi connectivity index (χ2n) is 4.81. The molecular weight excluding hydrogens is 263 g/mol. The van der Waals surface area contributed by atoms with Crippen LogP contribution in [0.1, 0.15) is 24.0 Å². The summed E-state index contributed by atoms with van der Waals surface area (Å²) in [4.78, 5) is 0. The van der Waals surface area contributed by atoms with Gasteiger partial charge in [-0.3, -0.25) is 0 Å². The fourth-order valence-corrected chi connectivity index (χ4v) is 2.01. The molecule has 0 amide bonds. The highest BCUT2D eigenvalue weighted by atomic mass is 19.1. The third-order valence-electron chi connectivity index (χ3n) is 3.22. The van der Waals surface area contributed by atoms with Gasteiger partial charge in [-0.15, -0.1) is 6.58 Å². The molecule has 0 aliphatic heterocycles. The van der Waals surface area contributed by atoms with Gasteiger partial charge in [-0.25, -0.2) is 4.39 Å². The zero-order chi connectivity index (χ0) is 15.1. The predicted octanol–water partition coefficient (Wildman–Crippen LogP) is 4.03. The maximum absolute atomic E-state index is 13.0. The van der Waals surface area contributed by atoms with Gasteiger partial charge in [-0.2, -0.15) is 0 Å². The van der Waals surface area contributed by atoms with Crippen LogP contribution in [0.25, 0.3) is 0 Å². The van der Waals surface area contributed by atoms with Gasteiger partial charge in [0, 0.05) is 5.56 Å². The van der Waals surface area contributed by atoms with E-state index in [2.05, 4.69) is 18.4 Å². The van der Waals surface area contributed by atoms with E-state index in [9.17, 15) is 9.50 Å². The molecule has 0 radical (unpaired) electrons. The quantitative estimate of drug-likeness (QED) is 0.662. The summed E-state index contributed by atoms with van der Waals surface area (Å²) in [7, 11) is 0. The molecule has 2 rings (SSSR count). The van der Waals surface area contributed by atoms with Crippen molar-refractivity contribution in [1.82, 2.24) is 0 Å². The van der Waals surface area contributed by atoms with Crippen molar-refractivity contribution < 1.29 is 9.50 Å². The second kappa shape index (κ2) is 6.88. The molecule has 0 fully saturated rings. The van der Waals surface area contributed by atoms with Crippen LogP contribution in [0.2, 0.25) is 0 Å². The van der Waals surface area contributed by atoms with Gasteiger partial charge in [0.2, 0.25) is 0 Å². The molecule has 106 valence electrons. The molecule has 2 aromatic carbocycles. The lowest BCUT2D eigenvalue weighted by molar-refractivity contribution is 0.0913. The van der Waals surface area contributed by atoms with Crippen LogP contribution >= 0.6 is 0 Å². The second-order valence-corrected chi connectivity index (χ2v) is 4.81. The molecule has 21 heavy (non-hydrogen) atoms. The van der Waals surface area contributed by atoms with Crippen molar-refractivity contribution >= 4 is 0 Å². The largest absolute Gasteiger partial charge is 0.373 e. The molecule has 1 N–H and O–H groups in total. The van der Waals surface area contributed by atoms with Gasteiger partial charge in [-0.1, -0.05) is 48.2 Å². The summed E-state index contributed by atoms with van der Waals surface area (Å²) in [6.07, 6.45) is 2.78. The Morgan fingerprint density at radius 2 is 1.76 bits per heavy atom. The minimum Gasteiger partial charge on any atom is -0.373 e. The lowest BCUT2D eigenvalue weighted by Gasteiger charge is -2.22. The zero-order valence-corrected chi connectivity index (χ0v) is 11.7. The first-order chi connectivity index (χ1) is 10.1. The van der Waals surface area contributed by atoms with Crippen molar-refractivity contribution in [2.75, 3.05) is 0 Å². The third kappa shape index (κ3) is 4.05. The van der Waals surface area contributed by atoms with Crippen molar-refractivity contribution in [3.05, 3.63) is 84.2 Å². The van der Waals surface area contributed by atoms with Crippen LogP contribution in [0, 0.1) is 17.7 Å². The molecule has 1 nitrogen and oxygen atoms in total. The van der Waals surface area contributed by atoms with Gasteiger partial charge in [0.1, 0.15) is 5.82 Å². The normalized spacial score (nSPS) is 12.9. The Morgan fingerprint density at radius 3 is 2.38 bits per heavy atom. The van der Waals surface area contributed by atoms with Crippen molar-refractivity contribution in [3.8, 4) is 11.8 Å². The average molecular weight is 280 g/mol. The maximum Gasteiger partial charge on any atom is 0.151 e. The zero-order valence-electron chi connectivity index (χ0n) is 11.7. The van der Waals surface area contributed by atoms with Crippen LogP contribution in [0.5, 0.6) is 0 Å². The maximum atomic E-state index is 13.0. The van der Waals surface area contributed by atoms with Crippen LogP contribution in [-0.4, -0.2) is 5.11 Å². The minimum absolute atomic E-state index is 0.333. The monoisotopic (exact) mass is 280 g/mol. The van der Waals surface area contributed by atoms with Crippen molar-refractivity contribution in [3.63, 3.8) is 0 Å². The van der Waals surface area contributed by atoms with Gasteiger partial charge in [0.15, 0.2) is 5.60 Å². The molecule has 0 saturated heterocycles. The van der Waals surface area contributed by atoms with Gasteiger partial charge in [0.25, 0.3) is 0 Å². The number of allylic oxidation sites excluding steroid dienone is 1. The van der Waals surface area contributed by atoms with Crippen LogP contribution in [0.4, 0.5) is 4.39 Å². The molecular formula is C19H17FO. The van der Waals surface area contributed by atoms with Gasteiger partial charge >= 0.3 is 0 Å². The Labute approximate surface area is 124 Å². The first-order valence-corrected chi connectivity index (χ1v) is 6.81. The van der Waals surface area contributed by atoms with Crippen molar-refractivity contribution in [1.29, 1.82) is 0 Å². The van der Waals surface area contributed by atoms with Crippen LogP contribution in [0.15, 0.2) is 67.3 Å². The lowest BCUT2D eigenvalue weighted by atomic mass is 9.89. The number of rotatable bonds is 4. The molecule has 1 atom stereocenters. The van der Waals surface area contributed by atoms with Crippen molar-refractivity contribution in [2.24, 2.45) is 0 Å². The molecule has 2 aromatic rings. The average Bonchev–Trinajstić information content (AvgIpc) is 2.52. The number of aliphatic hydroxyl groups is 1. The van der Waals surface area contributed by atoms with Crippen LogP contribution < -0.4 is 0 Å². The summed E-state index contributed by atoms with van der Waals surface area (Å²) in [6.45, 7) is 3.67. The molecule has 0 bridgehead atoms. The highest BCUT2D eigenvalue weighted by molar-refractivity contribution is 5.39. The fourth-order valence-electron chi connectivity index (χ4n) is 2.01. The van der Waals surface area contributed by atoms with E-state index in [1.54, 1.807) is 18.2 Å². The Morgan fingerprint density at radius 1 is 1.10 bits per heavy atom. The van der Waals surface area contributed by atoms with Gasteiger partial charge in [-0.05, 0) is 42.7 Å². The predicted molar refractivity (Wildman–Crippen MR) is 83.0 cm³/mol. The first kappa shape index (κ1) is 15.0. The highest BCUT2D eigenvalue weighted by Crippen LogP contribution is 2.26. The number of hydrogen-bond donors (Lipinski definition) is 1. The van der Waals surface area contributed by atoms with E-state index in [1.165, 1.54) is 12.1 Å². The van der Waals surface area contributed by atoms with E-state index < -0.39 is 5.60 Å². The summed E-state index contributed by atoms with van der Waals surface area (Å²) in [5.41, 5.74) is 0.114. The summed E-state index contributed by atoms with van der Waals surface area (Å²) in [5, 5.41) is 10.8. The minimum atomic E-state index is -1.31. The highest BCUT2D eigenvalue weighted by Gasteiger charge is 2.26. The first-order valence-electron chi connectivity index (χ1n) is 6.81. The number of halogens is 1. The van der Waals surface area contributed by atoms with E-state index in [4.69, 9.17) is 0 Å². The molecule has 0 saturated carbocycles. The standard InChI is InChI=1S/C19H17FO/c1-2-3-14-19(21,17-9-11-18(20)12-10-17)15-13-16-7-5-4-6-8-16/h2,4-12,21H,1,3,14H2. The third-order valence-corrected chi connectivity index (χ3v) is 3.22. The van der Waals surface area contributed by atoms with E-state index in [1.807, 2.05) is 30.3 Å². The molecule has 2 heteroatoms. The van der Waals surface area contributed by atoms with E-state index in [-0.39, 0.29) is 5.82 Å². The smallest absolute Gasteiger partial charge is 0.151 e. The Balaban J connectivity index is 2.35. The van der Waals surface area contributed by atoms with Gasteiger partial charge < -0.3 is 5.11 Å². The Bertz CT molecular complexity index is 649. The molecule has 0 aromatic heterocycles. The molecule has 0 spiro atoms. The van der Waals surface area contributed by atoms with Crippen LogP contribution in [-0.2, 0) is 5.60 Å². The molecule has 1 unspecified atom stereocenters.